The lowest BCUT2D eigenvalue weighted by atomic mass is 10.2. The van der Waals surface area contributed by atoms with Crippen molar-refractivity contribution in [2.45, 2.75) is 12.5 Å². The fraction of sp³-hybridized carbons (Fsp3) is 0.278. The van der Waals surface area contributed by atoms with E-state index >= 15 is 0 Å². The predicted octanol–water partition coefficient (Wildman–Crippen LogP) is 3.17. The molecule has 5 heteroatoms. The molecule has 2 aromatic carbocycles. The molecule has 1 amide bonds. The zero-order valence-electron chi connectivity index (χ0n) is 12.8. The fourth-order valence-electron chi connectivity index (χ4n) is 2.40. The third-order valence-electron chi connectivity index (χ3n) is 3.59. The van der Waals surface area contributed by atoms with Crippen molar-refractivity contribution < 1.29 is 14.3 Å². The standard InChI is InChI=1S/C18H20N2O3/c21-18(13-23-15-10-11-22-12-15)20-17-9-5-4-8-16(17)19-14-6-2-1-3-7-14/h1-9,15,19H,10-13H2,(H,20,21). The highest BCUT2D eigenvalue weighted by Gasteiger charge is 2.17. The van der Waals surface area contributed by atoms with Crippen LogP contribution in [-0.2, 0) is 14.3 Å². The lowest BCUT2D eigenvalue weighted by Crippen LogP contribution is -2.23. The summed E-state index contributed by atoms with van der Waals surface area (Å²) < 4.78 is 10.8. The van der Waals surface area contributed by atoms with Gasteiger partial charge in [-0.25, -0.2) is 0 Å². The number of anilines is 3. The fourth-order valence-corrected chi connectivity index (χ4v) is 2.40. The normalized spacial score (nSPS) is 17.0. The van der Waals surface area contributed by atoms with E-state index in [1.807, 2.05) is 54.6 Å². The van der Waals surface area contributed by atoms with Gasteiger partial charge in [0.1, 0.15) is 6.61 Å². The third kappa shape index (κ3) is 4.55. The average Bonchev–Trinajstić information content (AvgIpc) is 3.09. The topological polar surface area (TPSA) is 59.6 Å². The quantitative estimate of drug-likeness (QED) is 0.860. The summed E-state index contributed by atoms with van der Waals surface area (Å²) in [7, 11) is 0. The second-order valence-electron chi connectivity index (χ2n) is 5.38. The van der Waals surface area contributed by atoms with Crippen molar-refractivity contribution in [2.75, 3.05) is 30.5 Å². The van der Waals surface area contributed by atoms with Crippen LogP contribution in [0.1, 0.15) is 6.42 Å². The van der Waals surface area contributed by atoms with E-state index in [9.17, 15) is 4.79 Å². The highest BCUT2D eigenvalue weighted by atomic mass is 16.5. The van der Waals surface area contributed by atoms with E-state index in [0.29, 0.717) is 13.2 Å². The molecule has 3 rings (SSSR count). The van der Waals surface area contributed by atoms with E-state index in [1.165, 1.54) is 0 Å². The maximum atomic E-state index is 12.1. The van der Waals surface area contributed by atoms with E-state index < -0.39 is 0 Å². The minimum Gasteiger partial charge on any atom is -0.379 e. The molecule has 23 heavy (non-hydrogen) atoms. The maximum Gasteiger partial charge on any atom is 0.250 e. The van der Waals surface area contributed by atoms with Crippen molar-refractivity contribution in [1.29, 1.82) is 0 Å². The molecule has 0 saturated carbocycles. The van der Waals surface area contributed by atoms with Crippen molar-refractivity contribution in [3.63, 3.8) is 0 Å². The van der Waals surface area contributed by atoms with Gasteiger partial charge in [0.05, 0.1) is 24.1 Å². The molecule has 0 aliphatic carbocycles. The van der Waals surface area contributed by atoms with Crippen LogP contribution in [0.15, 0.2) is 54.6 Å². The minimum absolute atomic E-state index is 0.0263. The Balaban J connectivity index is 1.59. The number of carbonyl (C=O) groups is 1. The van der Waals surface area contributed by atoms with Crippen LogP contribution in [0.2, 0.25) is 0 Å². The Morgan fingerprint density at radius 2 is 1.83 bits per heavy atom. The molecule has 1 aliphatic heterocycles. The van der Waals surface area contributed by atoms with Gasteiger partial charge >= 0.3 is 0 Å². The smallest absolute Gasteiger partial charge is 0.250 e. The lowest BCUT2D eigenvalue weighted by Gasteiger charge is -2.14. The molecule has 1 unspecified atom stereocenters. The van der Waals surface area contributed by atoms with Gasteiger partial charge in [-0.1, -0.05) is 30.3 Å². The summed E-state index contributed by atoms with van der Waals surface area (Å²) >= 11 is 0. The summed E-state index contributed by atoms with van der Waals surface area (Å²) in [5, 5.41) is 6.19. The van der Waals surface area contributed by atoms with Crippen LogP contribution >= 0.6 is 0 Å². The van der Waals surface area contributed by atoms with Crippen molar-refractivity contribution in [1.82, 2.24) is 0 Å². The predicted molar refractivity (Wildman–Crippen MR) is 90.0 cm³/mol. The number of carbonyl (C=O) groups excluding carboxylic acids is 1. The molecule has 1 fully saturated rings. The summed E-state index contributed by atoms with van der Waals surface area (Å²) in [6, 6.07) is 17.4. The second-order valence-corrected chi connectivity index (χ2v) is 5.38. The molecule has 0 spiro atoms. The Kier molecular flexibility index (Phi) is 5.24. The number of nitrogens with one attached hydrogen (secondary N) is 2. The molecule has 1 saturated heterocycles. The lowest BCUT2D eigenvalue weighted by molar-refractivity contribution is -0.122. The molecule has 2 aromatic rings. The van der Waals surface area contributed by atoms with E-state index in [0.717, 1.165) is 23.5 Å². The molecule has 0 radical (unpaired) electrons. The van der Waals surface area contributed by atoms with E-state index in [4.69, 9.17) is 9.47 Å². The Labute approximate surface area is 135 Å². The highest BCUT2D eigenvalue weighted by molar-refractivity contribution is 5.95. The first-order chi connectivity index (χ1) is 11.3. The minimum atomic E-state index is -0.167. The first-order valence-electron chi connectivity index (χ1n) is 7.71. The number of benzene rings is 2. The number of rotatable bonds is 6. The summed E-state index contributed by atoms with van der Waals surface area (Å²) in [4.78, 5) is 12.1. The first-order valence-corrected chi connectivity index (χ1v) is 7.71. The van der Waals surface area contributed by atoms with Gasteiger partial charge in [-0.05, 0) is 30.7 Å². The molecule has 1 atom stereocenters. The van der Waals surface area contributed by atoms with Crippen LogP contribution in [0, 0.1) is 0 Å². The first kappa shape index (κ1) is 15.5. The van der Waals surface area contributed by atoms with E-state index in [2.05, 4.69) is 10.6 Å². The molecule has 0 aromatic heterocycles. The summed E-state index contributed by atoms with van der Waals surface area (Å²) in [6.07, 6.45) is 0.873. The molecule has 120 valence electrons. The van der Waals surface area contributed by atoms with Gasteiger partial charge in [0.15, 0.2) is 0 Å². The monoisotopic (exact) mass is 312 g/mol. The zero-order chi connectivity index (χ0) is 15.9. The number of ether oxygens (including phenoxy) is 2. The number of amides is 1. The molecule has 5 nitrogen and oxygen atoms in total. The van der Waals surface area contributed by atoms with Gasteiger partial charge in [-0.3, -0.25) is 4.79 Å². The van der Waals surface area contributed by atoms with Crippen molar-refractivity contribution in [2.24, 2.45) is 0 Å². The van der Waals surface area contributed by atoms with Crippen molar-refractivity contribution in [3.05, 3.63) is 54.6 Å². The molecular formula is C18H20N2O3. The number of para-hydroxylation sites is 3. The van der Waals surface area contributed by atoms with Crippen LogP contribution < -0.4 is 10.6 Å². The van der Waals surface area contributed by atoms with Gasteiger partial charge in [-0.2, -0.15) is 0 Å². The van der Waals surface area contributed by atoms with E-state index in [1.54, 1.807) is 0 Å². The molecule has 1 heterocycles. The largest absolute Gasteiger partial charge is 0.379 e. The Bertz CT molecular complexity index is 640. The SMILES string of the molecule is O=C(COC1CCOC1)Nc1ccccc1Nc1ccccc1. The second kappa shape index (κ2) is 7.76. The van der Waals surface area contributed by atoms with Gasteiger partial charge in [-0.15, -0.1) is 0 Å². The Morgan fingerprint density at radius 3 is 2.57 bits per heavy atom. The van der Waals surface area contributed by atoms with Crippen LogP contribution in [0.5, 0.6) is 0 Å². The number of hydrogen-bond acceptors (Lipinski definition) is 4. The van der Waals surface area contributed by atoms with Gasteiger partial charge in [0.2, 0.25) is 5.91 Å². The Morgan fingerprint density at radius 1 is 1.09 bits per heavy atom. The Hall–Kier alpha value is -2.37. The highest BCUT2D eigenvalue weighted by Crippen LogP contribution is 2.25. The van der Waals surface area contributed by atoms with Gasteiger partial charge in [0, 0.05) is 12.3 Å². The van der Waals surface area contributed by atoms with Crippen LogP contribution in [0.25, 0.3) is 0 Å². The van der Waals surface area contributed by atoms with Gasteiger partial charge < -0.3 is 20.1 Å². The summed E-state index contributed by atoms with van der Waals surface area (Å²) in [5.74, 6) is -0.167. The van der Waals surface area contributed by atoms with Crippen LogP contribution in [-0.4, -0.2) is 31.8 Å². The average molecular weight is 312 g/mol. The third-order valence-corrected chi connectivity index (χ3v) is 3.59. The zero-order valence-corrected chi connectivity index (χ0v) is 12.8. The van der Waals surface area contributed by atoms with Crippen LogP contribution in [0.4, 0.5) is 17.1 Å². The van der Waals surface area contributed by atoms with Crippen LogP contribution in [0.3, 0.4) is 0 Å². The number of hydrogen-bond donors (Lipinski definition) is 2. The molecular weight excluding hydrogens is 292 g/mol. The maximum absolute atomic E-state index is 12.1. The molecule has 0 bridgehead atoms. The van der Waals surface area contributed by atoms with E-state index in [-0.39, 0.29) is 18.6 Å². The summed E-state index contributed by atoms with van der Waals surface area (Å²) in [5.41, 5.74) is 2.54. The van der Waals surface area contributed by atoms with Crippen molar-refractivity contribution >= 4 is 23.0 Å². The van der Waals surface area contributed by atoms with Crippen molar-refractivity contribution in [3.8, 4) is 0 Å². The van der Waals surface area contributed by atoms with Gasteiger partial charge in [0.25, 0.3) is 0 Å². The summed E-state index contributed by atoms with van der Waals surface area (Å²) in [6.45, 7) is 1.31. The molecule has 1 aliphatic rings. The molecule has 2 N–H and O–H groups in total.